The fourth-order valence-corrected chi connectivity index (χ4v) is 6.34. The van der Waals surface area contributed by atoms with Gasteiger partial charge in [0.1, 0.15) is 0 Å². The molecule has 30 heavy (non-hydrogen) atoms. The van der Waals surface area contributed by atoms with E-state index in [2.05, 4.69) is 4.98 Å². The third-order valence-corrected chi connectivity index (χ3v) is 8.48. The summed E-state index contributed by atoms with van der Waals surface area (Å²) in [6, 6.07) is 12.0. The molecule has 0 aliphatic carbocycles. The van der Waals surface area contributed by atoms with Crippen LogP contribution in [-0.2, 0) is 10.0 Å². The summed E-state index contributed by atoms with van der Waals surface area (Å²) in [7, 11) is -3.66. The van der Waals surface area contributed by atoms with Crippen molar-refractivity contribution >= 4 is 54.2 Å². The molecule has 0 radical (unpaired) electrons. The molecule has 3 aromatic rings. The Balaban J connectivity index is 1.70. The van der Waals surface area contributed by atoms with Crippen LogP contribution in [0.4, 0.5) is 5.13 Å². The molecule has 0 N–H and O–H groups in total. The number of aromatic nitrogens is 1. The summed E-state index contributed by atoms with van der Waals surface area (Å²) in [6.07, 6.45) is 2.73. The zero-order valence-corrected chi connectivity index (χ0v) is 18.9. The minimum Gasteiger partial charge on any atom is -0.284 e. The largest absolute Gasteiger partial charge is 0.284 e. The Morgan fingerprint density at radius 2 is 1.90 bits per heavy atom. The molecular weight excluding hydrogens is 442 g/mol. The first kappa shape index (κ1) is 21.2. The van der Waals surface area contributed by atoms with Crippen molar-refractivity contribution < 1.29 is 13.2 Å². The van der Waals surface area contributed by atoms with E-state index in [0.717, 1.165) is 29.5 Å². The zero-order chi connectivity index (χ0) is 21.3. The van der Waals surface area contributed by atoms with Gasteiger partial charge in [0.05, 0.1) is 25.7 Å². The molecule has 1 aliphatic heterocycles. The van der Waals surface area contributed by atoms with Crippen LogP contribution in [0.1, 0.15) is 36.5 Å². The first-order valence-corrected chi connectivity index (χ1v) is 12.5. The minimum atomic E-state index is -3.66. The number of sulfonamides is 1. The number of carbonyl (C=O) groups excluding carboxylic acids is 1. The smallest absolute Gasteiger partial charge is 0.261 e. The van der Waals surface area contributed by atoms with Crippen LogP contribution in [0.25, 0.3) is 10.2 Å². The van der Waals surface area contributed by atoms with Gasteiger partial charge in [0, 0.05) is 19.6 Å². The van der Waals surface area contributed by atoms with Crippen LogP contribution in [0.3, 0.4) is 0 Å². The average molecular weight is 464 g/mol. The number of hydrogen-bond donors (Lipinski definition) is 0. The number of thiazole rings is 1. The standard InChI is InChI=1S/C21H22ClN3O3S2/c1-2-25(21-23-18-8-4-5-9-19(18)29-21)20(26)16-14-15(10-11-17(16)22)30(27,28)24-12-6-3-7-13-24/h4-5,8-11,14H,2-3,6-7,12-13H2,1H3. The van der Waals surface area contributed by atoms with E-state index in [-0.39, 0.29) is 21.4 Å². The molecule has 6 nitrogen and oxygen atoms in total. The topological polar surface area (TPSA) is 70.6 Å². The monoisotopic (exact) mass is 463 g/mol. The van der Waals surface area contributed by atoms with E-state index < -0.39 is 10.0 Å². The van der Waals surface area contributed by atoms with Gasteiger partial charge in [0.2, 0.25) is 10.0 Å². The van der Waals surface area contributed by atoms with Crippen LogP contribution >= 0.6 is 22.9 Å². The van der Waals surface area contributed by atoms with E-state index in [1.165, 1.54) is 38.7 Å². The highest BCUT2D eigenvalue weighted by Crippen LogP contribution is 2.31. The lowest BCUT2D eigenvalue weighted by molar-refractivity contribution is 0.0988. The Labute approximate surface area is 185 Å². The van der Waals surface area contributed by atoms with E-state index in [1.807, 2.05) is 31.2 Å². The molecule has 0 bridgehead atoms. The molecular formula is C21H22ClN3O3S2. The number of halogens is 1. The number of piperidine rings is 1. The summed E-state index contributed by atoms with van der Waals surface area (Å²) in [4.78, 5) is 19.5. The molecule has 0 spiro atoms. The van der Waals surface area contributed by atoms with Gasteiger partial charge in [-0.1, -0.05) is 41.5 Å². The first-order valence-electron chi connectivity index (χ1n) is 9.89. The molecule has 2 heterocycles. The van der Waals surface area contributed by atoms with Gasteiger partial charge in [-0.3, -0.25) is 9.69 Å². The number of amides is 1. The summed E-state index contributed by atoms with van der Waals surface area (Å²) < 4.78 is 28.6. The molecule has 0 unspecified atom stereocenters. The van der Waals surface area contributed by atoms with Crippen molar-refractivity contribution in [3.8, 4) is 0 Å². The maximum Gasteiger partial charge on any atom is 0.261 e. The average Bonchev–Trinajstić information content (AvgIpc) is 3.18. The van der Waals surface area contributed by atoms with Gasteiger partial charge in [0.15, 0.2) is 5.13 Å². The van der Waals surface area contributed by atoms with E-state index in [1.54, 1.807) is 0 Å². The van der Waals surface area contributed by atoms with Crippen LogP contribution in [0.5, 0.6) is 0 Å². The van der Waals surface area contributed by atoms with Gasteiger partial charge in [-0.2, -0.15) is 4.31 Å². The minimum absolute atomic E-state index is 0.0949. The lowest BCUT2D eigenvalue weighted by Gasteiger charge is -2.26. The number of hydrogen-bond acceptors (Lipinski definition) is 5. The molecule has 1 saturated heterocycles. The molecule has 9 heteroatoms. The van der Waals surface area contributed by atoms with Crippen molar-refractivity contribution in [3.05, 3.63) is 53.1 Å². The molecule has 1 amide bonds. The Morgan fingerprint density at radius 3 is 2.60 bits per heavy atom. The second-order valence-corrected chi connectivity index (χ2v) is 10.5. The van der Waals surface area contributed by atoms with Crippen LogP contribution in [0.2, 0.25) is 5.02 Å². The lowest BCUT2D eigenvalue weighted by atomic mass is 10.2. The Bertz CT molecular complexity index is 1150. The molecule has 4 rings (SSSR count). The van der Waals surface area contributed by atoms with Gasteiger partial charge >= 0.3 is 0 Å². The highest BCUT2D eigenvalue weighted by molar-refractivity contribution is 7.89. The van der Waals surface area contributed by atoms with E-state index >= 15 is 0 Å². The van der Waals surface area contributed by atoms with Crippen molar-refractivity contribution in [2.24, 2.45) is 0 Å². The van der Waals surface area contributed by atoms with Crippen LogP contribution in [0, 0.1) is 0 Å². The van der Waals surface area contributed by atoms with Crippen molar-refractivity contribution in [3.63, 3.8) is 0 Å². The molecule has 0 saturated carbocycles. The predicted molar refractivity (Wildman–Crippen MR) is 121 cm³/mol. The molecule has 2 aromatic carbocycles. The normalized spacial score (nSPS) is 15.4. The lowest BCUT2D eigenvalue weighted by Crippen LogP contribution is -2.36. The van der Waals surface area contributed by atoms with Gasteiger partial charge in [-0.25, -0.2) is 13.4 Å². The molecule has 1 aromatic heterocycles. The summed E-state index contributed by atoms with van der Waals surface area (Å²) >= 11 is 7.74. The SMILES string of the molecule is CCN(C(=O)c1cc(S(=O)(=O)N2CCCCC2)ccc1Cl)c1nc2ccccc2s1. The summed E-state index contributed by atoms with van der Waals surface area (Å²) in [5, 5.41) is 0.779. The van der Waals surface area contributed by atoms with Gasteiger partial charge in [0.25, 0.3) is 5.91 Å². The fraction of sp³-hybridized carbons (Fsp3) is 0.333. The first-order chi connectivity index (χ1) is 14.4. The number of para-hydroxylation sites is 1. The summed E-state index contributed by atoms with van der Waals surface area (Å²) in [5.74, 6) is -0.364. The van der Waals surface area contributed by atoms with Gasteiger partial charge in [-0.15, -0.1) is 0 Å². The van der Waals surface area contributed by atoms with E-state index in [0.29, 0.717) is 24.8 Å². The highest BCUT2D eigenvalue weighted by Gasteiger charge is 2.29. The predicted octanol–water partition coefficient (Wildman–Crippen LogP) is 4.79. The van der Waals surface area contributed by atoms with Crippen molar-refractivity contribution in [2.75, 3.05) is 24.5 Å². The van der Waals surface area contributed by atoms with E-state index in [4.69, 9.17) is 11.6 Å². The third-order valence-electron chi connectivity index (χ3n) is 5.20. The fourth-order valence-electron chi connectivity index (χ4n) is 3.57. The maximum absolute atomic E-state index is 13.3. The van der Waals surface area contributed by atoms with E-state index in [9.17, 15) is 13.2 Å². The van der Waals surface area contributed by atoms with Crippen molar-refractivity contribution in [1.29, 1.82) is 0 Å². The van der Waals surface area contributed by atoms with Crippen molar-refractivity contribution in [2.45, 2.75) is 31.1 Å². The molecule has 158 valence electrons. The quantitative estimate of drug-likeness (QED) is 0.545. The Morgan fingerprint density at radius 1 is 1.17 bits per heavy atom. The summed E-state index contributed by atoms with van der Waals surface area (Å²) in [5.41, 5.74) is 0.979. The highest BCUT2D eigenvalue weighted by atomic mass is 35.5. The maximum atomic E-state index is 13.3. The van der Waals surface area contributed by atoms with Gasteiger partial charge < -0.3 is 0 Å². The van der Waals surface area contributed by atoms with Crippen LogP contribution in [-0.4, -0.2) is 43.2 Å². The molecule has 1 aliphatic rings. The Kier molecular flexibility index (Phi) is 6.11. The van der Waals surface area contributed by atoms with Gasteiger partial charge in [-0.05, 0) is 50.1 Å². The number of rotatable bonds is 5. The number of benzene rings is 2. The molecule has 0 atom stereocenters. The zero-order valence-electron chi connectivity index (χ0n) is 16.5. The number of fused-ring (bicyclic) bond motifs is 1. The van der Waals surface area contributed by atoms with Crippen LogP contribution in [0.15, 0.2) is 47.4 Å². The third kappa shape index (κ3) is 3.97. The molecule has 1 fully saturated rings. The second-order valence-electron chi connectivity index (χ2n) is 7.12. The van der Waals surface area contributed by atoms with Crippen molar-refractivity contribution in [1.82, 2.24) is 9.29 Å². The Hall–Kier alpha value is -2.00. The number of carbonyl (C=O) groups is 1. The second kappa shape index (κ2) is 8.63. The number of anilines is 1. The van der Waals surface area contributed by atoms with Crippen LogP contribution < -0.4 is 4.90 Å². The summed E-state index contributed by atoms with van der Waals surface area (Å²) in [6.45, 7) is 3.24. The number of nitrogens with zero attached hydrogens (tertiary/aromatic N) is 3.